The normalized spacial score (nSPS) is 29.4. The maximum absolute atomic E-state index is 11.7. The van der Waals surface area contributed by atoms with Crippen molar-refractivity contribution < 1.29 is 24.9 Å². The lowest BCUT2D eigenvalue weighted by atomic mass is 10.1. The highest BCUT2D eigenvalue weighted by Gasteiger charge is 2.44. The summed E-state index contributed by atoms with van der Waals surface area (Å²) in [4.78, 5) is 25.8. The number of aliphatic hydroxyl groups excluding tert-OH is 3. The molecule has 20 heavy (non-hydrogen) atoms. The number of rotatable bonds is 3. The Morgan fingerprint density at radius 1 is 1.50 bits per heavy atom. The molecular formula is C9H11ClN4O6. The molecule has 0 spiro atoms. The molecule has 0 aromatic carbocycles. The highest BCUT2D eigenvalue weighted by Crippen LogP contribution is 2.27. The minimum Gasteiger partial charge on any atom is -0.394 e. The van der Waals surface area contributed by atoms with Crippen molar-refractivity contribution in [3.63, 3.8) is 0 Å². The van der Waals surface area contributed by atoms with E-state index in [2.05, 4.69) is 15.4 Å². The van der Waals surface area contributed by atoms with Crippen molar-refractivity contribution in [1.29, 1.82) is 0 Å². The fourth-order valence-electron chi connectivity index (χ4n) is 1.77. The lowest BCUT2D eigenvalue weighted by Gasteiger charge is -2.15. The number of hydrogen-bond donors (Lipinski definition) is 4. The van der Waals surface area contributed by atoms with Gasteiger partial charge >= 0.3 is 11.1 Å². The molecule has 0 radical (unpaired) electrons. The average Bonchev–Trinajstić information content (AvgIpc) is 2.66. The highest BCUT2D eigenvalue weighted by atomic mass is 35.5. The third-order valence-electron chi connectivity index (χ3n) is 2.70. The fourth-order valence-corrected chi connectivity index (χ4v) is 1.86. The lowest BCUT2D eigenvalue weighted by molar-refractivity contribution is -0.0616. The van der Waals surface area contributed by atoms with Crippen LogP contribution in [-0.4, -0.2) is 60.4 Å². The number of amides is 1. The standard InChI is InChI=1S/C9H11ClN4O6/c10-8(18)12-4-1-11-14(9(19)13-4)7-6(17)5(16)3(2-15)20-7/h1,3,5-7,15-17H,2H2,(H,12,13,18,19). The molecule has 1 fully saturated rings. The third-order valence-corrected chi connectivity index (χ3v) is 2.80. The zero-order chi connectivity index (χ0) is 14.9. The van der Waals surface area contributed by atoms with E-state index in [1.165, 1.54) is 0 Å². The van der Waals surface area contributed by atoms with Gasteiger partial charge in [-0.1, -0.05) is 0 Å². The Morgan fingerprint density at radius 3 is 2.70 bits per heavy atom. The first kappa shape index (κ1) is 14.8. The molecule has 0 bridgehead atoms. The van der Waals surface area contributed by atoms with Gasteiger partial charge in [0, 0.05) is 0 Å². The summed E-state index contributed by atoms with van der Waals surface area (Å²) >= 11 is 5.06. The summed E-state index contributed by atoms with van der Waals surface area (Å²) in [5, 5.41) is 33.0. The highest BCUT2D eigenvalue weighted by molar-refractivity contribution is 6.65. The van der Waals surface area contributed by atoms with Crippen LogP contribution in [0.3, 0.4) is 0 Å². The largest absolute Gasteiger partial charge is 0.394 e. The maximum atomic E-state index is 11.7. The predicted octanol–water partition coefficient (Wildman–Crippen LogP) is -1.98. The van der Waals surface area contributed by atoms with E-state index in [0.29, 0.717) is 4.68 Å². The molecule has 10 nitrogen and oxygen atoms in total. The van der Waals surface area contributed by atoms with E-state index in [4.69, 9.17) is 21.4 Å². The van der Waals surface area contributed by atoms with Gasteiger partial charge in [-0.05, 0) is 11.6 Å². The Hall–Kier alpha value is -1.59. The molecule has 1 saturated heterocycles. The number of nitrogens with zero attached hydrogens (tertiary/aromatic N) is 3. The van der Waals surface area contributed by atoms with Crippen molar-refractivity contribution in [3.05, 3.63) is 16.7 Å². The first-order valence-electron chi connectivity index (χ1n) is 5.49. The Kier molecular flexibility index (Phi) is 4.30. The van der Waals surface area contributed by atoms with Gasteiger partial charge in [-0.25, -0.2) is 4.79 Å². The molecule has 1 aromatic rings. The van der Waals surface area contributed by atoms with Crippen molar-refractivity contribution in [2.45, 2.75) is 24.5 Å². The number of halogens is 1. The van der Waals surface area contributed by atoms with Crippen molar-refractivity contribution in [1.82, 2.24) is 14.8 Å². The Morgan fingerprint density at radius 2 is 2.20 bits per heavy atom. The molecule has 0 saturated carbocycles. The van der Waals surface area contributed by atoms with Gasteiger partial charge in [-0.15, -0.1) is 0 Å². The van der Waals surface area contributed by atoms with Crippen LogP contribution < -0.4 is 11.0 Å². The van der Waals surface area contributed by atoms with Crippen LogP contribution in [0.25, 0.3) is 0 Å². The van der Waals surface area contributed by atoms with E-state index in [1.807, 2.05) is 0 Å². The summed E-state index contributed by atoms with van der Waals surface area (Å²) in [6.45, 7) is -0.530. The van der Waals surface area contributed by atoms with Gasteiger partial charge in [0.25, 0.3) is 0 Å². The summed E-state index contributed by atoms with van der Waals surface area (Å²) < 4.78 is 5.81. The van der Waals surface area contributed by atoms with E-state index in [-0.39, 0.29) is 5.82 Å². The second kappa shape index (κ2) is 5.81. The summed E-state index contributed by atoms with van der Waals surface area (Å²) in [7, 11) is 0. The smallest absolute Gasteiger partial charge is 0.368 e. The molecule has 4 unspecified atom stereocenters. The van der Waals surface area contributed by atoms with Crippen LogP contribution in [0.15, 0.2) is 11.0 Å². The minimum atomic E-state index is -1.45. The average molecular weight is 307 g/mol. The quantitative estimate of drug-likeness (QED) is 0.371. The number of carbonyl (C=O) groups is 1. The van der Waals surface area contributed by atoms with E-state index in [0.717, 1.165) is 6.20 Å². The molecule has 4 N–H and O–H groups in total. The maximum Gasteiger partial charge on any atom is 0.368 e. The Balaban J connectivity index is 2.26. The number of hydrogen-bond acceptors (Lipinski definition) is 8. The molecule has 2 rings (SSSR count). The summed E-state index contributed by atoms with van der Waals surface area (Å²) in [5.74, 6) is -0.169. The van der Waals surface area contributed by atoms with Crippen molar-refractivity contribution in [2.24, 2.45) is 0 Å². The first-order valence-corrected chi connectivity index (χ1v) is 5.86. The van der Waals surface area contributed by atoms with Crippen LogP contribution in [0.5, 0.6) is 0 Å². The number of ether oxygens (including phenoxy) is 1. The van der Waals surface area contributed by atoms with Crippen molar-refractivity contribution in [2.75, 3.05) is 11.9 Å². The van der Waals surface area contributed by atoms with E-state index >= 15 is 0 Å². The van der Waals surface area contributed by atoms with Gasteiger partial charge in [0.15, 0.2) is 12.0 Å². The van der Waals surface area contributed by atoms with Crippen LogP contribution in [0.1, 0.15) is 6.23 Å². The number of carbonyl (C=O) groups excluding carboxylic acids is 1. The van der Waals surface area contributed by atoms with Crippen molar-refractivity contribution in [3.8, 4) is 0 Å². The van der Waals surface area contributed by atoms with Gasteiger partial charge < -0.3 is 20.1 Å². The fraction of sp³-hybridized carbons (Fsp3) is 0.556. The van der Waals surface area contributed by atoms with Gasteiger partial charge in [0.2, 0.25) is 0 Å². The molecule has 1 amide bonds. The molecule has 0 aliphatic carbocycles. The van der Waals surface area contributed by atoms with Gasteiger partial charge in [0.1, 0.15) is 18.3 Å². The number of aliphatic hydroxyl groups is 3. The topological polar surface area (TPSA) is 147 Å². The summed E-state index contributed by atoms with van der Waals surface area (Å²) in [6.07, 6.45) is -4.11. The molecule has 11 heteroatoms. The monoisotopic (exact) mass is 306 g/mol. The molecule has 1 aliphatic rings. The molecule has 2 heterocycles. The first-order chi connectivity index (χ1) is 9.43. The van der Waals surface area contributed by atoms with E-state index < -0.39 is 42.2 Å². The third kappa shape index (κ3) is 2.78. The van der Waals surface area contributed by atoms with Gasteiger partial charge in [-0.2, -0.15) is 14.8 Å². The molecule has 1 aliphatic heterocycles. The number of nitrogens with one attached hydrogen (secondary N) is 1. The SMILES string of the molecule is O=C(Cl)Nc1cnn(C2OC(CO)C(O)C2O)c(=O)n1. The second-order valence-electron chi connectivity index (χ2n) is 4.00. The number of aromatic nitrogens is 3. The lowest BCUT2D eigenvalue weighted by Crippen LogP contribution is -2.37. The zero-order valence-corrected chi connectivity index (χ0v) is 10.6. The van der Waals surface area contributed by atoms with Crippen LogP contribution in [0.2, 0.25) is 0 Å². The Bertz CT molecular complexity index is 566. The Labute approximate surface area is 116 Å². The van der Waals surface area contributed by atoms with Crippen LogP contribution >= 0.6 is 11.6 Å². The van der Waals surface area contributed by atoms with Crippen molar-refractivity contribution >= 4 is 22.8 Å². The van der Waals surface area contributed by atoms with Crippen LogP contribution in [-0.2, 0) is 4.74 Å². The van der Waals surface area contributed by atoms with E-state index in [9.17, 15) is 19.8 Å². The predicted molar refractivity (Wildman–Crippen MR) is 64.2 cm³/mol. The van der Waals surface area contributed by atoms with Crippen LogP contribution in [0, 0.1) is 0 Å². The molecular weight excluding hydrogens is 296 g/mol. The number of anilines is 1. The molecule has 4 atom stereocenters. The zero-order valence-electron chi connectivity index (χ0n) is 9.88. The summed E-state index contributed by atoms with van der Waals surface area (Å²) in [6, 6.07) is 0. The summed E-state index contributed by atoms with van der Waals surface area (Å²) in [5.41, 5.74) is -0.928. The molecule has 1 aromatic heterocycles. The van der Waals surface area contributed by atoms with Crippen LogP contribution in [0.4, 0.5) is 10.6 Å². The second-order valence-corrected chi connectivity index (χ2v) is 4.34. The van der Waals surface area contributed by atoms with Gasteiger partial charge in [0.05, 0.1) is 12.8 Å². The van der Waals surface area contributed by atoms with Gasteiger partial charge in [-0.3, -0.25) is 10.1 Å². The molecule has 110 valence electrons. The van der Waals surface area contributed by atoms with E-state index in [1.54, 1.807) is 0 Å². The minimum absolute atomic E-state index is 0.169.